The summed E-state index contributed by atoms with van der Waals surface area (Å²) in [6, 6.07) is 16.2. The zero-order chi connectivity index (χ0) is 11.2. The van der Waals surface area contributed by atoms with E-state index in [0.29, 0.717) is 0 Å². The third-order valence-corrected chi connectivity index (χ3v) is 3.28. The van der Waals surface area contributed by atoms with Crippen LogP contribution >= 0.6 is 11.8 Å². The number of aryl methyl sites for hydroxylation is 1. The van der Waals surface area contributed by atoms with E-state index in [9.17, 15) is 0 Å². The number of aromatic nitrogens is 1. The molecule has 1 aromatic carbocycles. The summed E-state index contributed by atoms with van der Waals surface area (Å²) in [6.45, 7) is 0.870. The van der Waals surface area contributed by atoms with Crippen molar-refractivity contribution in [2.24, 2.45) is 0 Å². The van der Waals surface area contributed by atoms with E-state index in [0.717, 1.165) is 18.0 Å². The van der Waals surface area contributed by atoms with Gasteiger partial charge in [0, 0.05) is 23.4 Å². The van der Waals surface area contributed by atoms with E-state index < -0.39 is 0 Å². The van der Waals surface area contributed by atoms with Crippen molar-refractivity contribution in [1.29, 1.82) is 5.26 Å². The highest BCUT2D eigenvalue weighted by molar-refractivity contribution is 7.99. The lowest BCUT2D eigenvalue weighted by molar-refractivity contribution is 0.767. The second kappa shape index (κ2) is 5.43. The minimum absolute atomic E-state index is 0.730. The van der Waals surface area contributed by atoms with Crippen molar-refractivity contribution in [2.75, 3.05) is 5.75 Å². The summed E-state index contributed by atoms with van der Waals surface area (Å²) in [4.78, 5) is 1.27. The van der Waals surface area contributed by atoms with Crippen molar-refractivity contribution in [3.8, 4) is 6.07 Å². The van der Waals surface area contributed by atoms with Gasteiger partial charge in [0.25, 0.3) is 0 Å². The Bertz CT molecular complexity index is 482. The second-order valence-corrected chi connectivity index (χ2v) is 4.53. The molecule has 2 aromatic rings. The Balaban J connectivity index is 1.88. The molecule has 2 nitrogen and oxygen atoms in total. The van der Waals surface area contributed by atoms with Crippen LogP contribution in [0.25, 0.3) is 0 Å². The lowest BCUT2D eigenvalue weighted by Crippen LogP contribution is -2.00. The number of thioether (sulfide) groups is 1. The molecule has 0 N–H and O–H groups in total. The van der Waals surface area contributed by atoms with Crippen molar-refractivity contribution in [3.05, 3.63) is 54.4 Å². The van der Waals surface area contributed by atoms with E-state index in [1.54, 1.807) is 0 Å². The number of rotatable bonds is 4. The van der Waals surface area contributed by atoms with Crippen molar-refractivity contribution in [2.45, 2.75) is 11.4 Å². The predicted octanol–water partition coefficient (Wildman–Crippen LogP) is 3.15. The van der Waals surface area contributed by atoms with Gasteiger partial charge in [0.05, 0.1) is 0 Å². The molecular weight excluding hydrogens is 216 g/mol. The summed E-state index contributed by atoms with van der Waals surface area (Å²) in [5.41, 5.74) is 0.730. The van der Waals surface area contributed by atoms with Gasteiger partial charge in [-0.1, -0.05) is 18.2 Å². The fourth-order valence-electron chi connectivity index (χ4n) is 1.49. The lowest BCUT2D eigenvalue weighted by Gasteiger charge is -2.04. The van der Waals surface area contributed by atoms with Crippen LogP contribution in [0.15, 0.2) is 53.6 Å². The van der Waals surface area contributed by atoms with Gasteiger partial charge in [-0.15, -0.1) is 11.8 Å². The van der Waals surface area contributed by atoms with Gasteiger partial charge in [0.15, 0.2) is 0 Å². The lowest BCUT2D eigenvalue weighted by atomic mass is 10.4. The molecule has 0 saturated carbocycles. The quantitative estimate of drug-likeness (QED) is 0.752. The van der Waals surface area contributed by atoms with Crippen molar-refractivity contribution in [3.63, 3.8) is 0 Å². The van der Waals surface area contributed by atoms with Gasteiger partial charge >= 0.3 is 0 Å². The minimum atomic E-state index is 0.730. The third-order valence-electron chi connectivity index (χ3n) is 2.29. The van der Waals surface area contributed by atoms with Gasteiger partial charge in [-0.25, -0.2) is 0 Å². The smallest absolute Gasteiger partial charge is 0.120 e. The maximum atomic E-state index is 8.85. The predicted molar refractivity (Wildman–Crippen MR) is 66.3 cm³/mol. The molecule has 2 rings (SSSR count). The van der Waals surface area contributed by atoms with E-state index in [4.69, 9.17) is 5.26 Å². The van der Waals surface area contributed by atoms with Crippen molar-refractivity contribution < 1.29 is 0 Å². The Morgan fingerprint density at radius 3 is 2.69 bits per heavy atom. The van der Waals surface area contributed by atoms with Crippen molar-refractivity contribution >= 4 is 11.8 Å². The van der Waals surface area contributed by atoms with Crippen LogP contribution in [0.5, 0.6) is 0 Å². The number of nitrogens with zero attached hydrogens (tertiary/aromatic N) is 2. The molecule has 0 saturated heterocycles. The first-order valence-corrected chi connectivity index (χ1v) is 6.12. The molecule has 0 amide bonds. The summed E-state index contributed by atoms with van der Waals surface area (Å²) >= 11 is 1.81. The van der Waals surface area contributed by atoms with Crippen LogP contribution in [0.3, 0.4) is 0 Å². The molecule has 0 aliphatic heterocycles. The topological polar surface area (TPSA) is 28.7 Å². The Kier molecular flexibility index (Phi) is 3.68. The van der Waals surface area contributed by atoms with Crippen LogP contribution in [0.1, 0.15) is 5.69 Å². The summed E-state index contributed by atoms with van der Waals surface area (Å²) in [6.07, 6.45) is 1.95. The van der Waals surface area contributed by atoms with E-state index >= 15 is 0 Å². The second-order valence-electron chi connectivity index (χ2n) is 3.36. The summed E-state index contributed by atoms with van der Waals surface area (Å²) in [5, 5.41) is 8.85. The fourth-order valence-corrected chi connectivity index (χ4v) is 2.36. The molecule has 0 radical (unpaired) electrons. The molecule has 0 bridgehead atoms. The van der Waals surface area contributed by atoms with Gasteiger partial charge in [0.1, 0.15) is 11.8 Å². The molecule has 0 aliphatic carbocycles. The maximum Gasteiger partial charge on any atom is 0.120 e. The standard InChI is InChI=1S/C13H12N2S/c14-11-12-5-4-8-15(12)9-10-16-13-6-2-1-3-7-13/h1-8H,9-10H2. The van der Waals surface area contributed by atoms with Gasteiger partial charge < -0.3 is 4.57 Å². The molecule has 3 heteroatoms. The first kappa shape index (κ1) is 10.8. The molecular formula is C13H12N2S. The molecule has 16 heavy (non-hydrogen) atoms. The Morgan fingerprint density at radius 1 is 1.12 bits per heavy atom. The number of nitriles is 1. The maximum absolute atomic E-state index is 8.85. The zero-order valence-electron chi connectivity index (χ0n) is 8.84. The van der Waals surface area contributed by atoms with Crippen LogP contribution in [0.4, 0.5) is 0 Å². The number of benzene rings is 1. The molecule has 0 fully saturated rings. The van der Waals surface area contributed by atoms with Gasteiger partial charge in [0.2, 0.25) is 0 Å². The highest BCUT2D eigenvalue weighted by Gasteiger charge is 1.99. The Morgan fingerprint density at radius 2 is 1.94 bits per heavy atom. The zero-order valence-corrected chi connectivity index (χ0v) is 9.65. The first-order valence-electron chi connectivity index (χ1n) is 5.13. The molecule has 1 aromatic heterocycles. The van der Waals surface area contributed by atoms with Crippen LogP contribution in [-0.4, -0.2) is 10.3 Å². The van der Waals surface area contributed by atoms with Gasteiger partial charge in [-0.3, -0.25) is 0 Å². The van der Waals surface area contributed by atoms with E-state index in [2.05, 4.69) is 18.2 Å². The first-order chi connectivity index (χ1) is 7.90. The Hall–Kier alpha value is -1.66. The van der Waals surface area contributed by atoms with Crippen LogP contribution in [0, 0.1) is 11.3 Å². The van der Waals surface area contributed by atoms with E-state index in [1.165, 1.54) is 4.90 Å². The van der Waals surface area contributed by atoms with E-state index in [-0.39, 0.29) is 0 Å². The monoisotopic (exact) mass is 228 g/mol. The molecule has 1 heterocycles. The average molecular weight is 228 g/mol. The summed E-state index contributed by atoms with van der Waals surface area (Å²) in [7, 11) is 0. The highest BCUT2D eigenvalue weighted by atomic mass is 32.2. The Labute approximate surface area is 99.5 Å². The average Bonchev–Trinajstić information content (AvgIpc) is 2.78. The van der Waals surface area contributed by atoms with Crippen LogP contribution in [-0.2, 0) is 6.54 Å². The molecule has 0 atom stereocenters. The third kappa shape index (κ3) is 2.68. The fraction of sp³-hybridized carbons (Fsp3) is 0.154. The van der Waals surface area contributed by atoms with Gasteiger partial charge in [-0.2, -0.15) is 5.26 Å². The largest absolute Gasteiger partial charge is 0.339 e. The molecule has 0 aliphatic rings. The highest BCUT2D eigenvalue weighted by Crippen LogP contribution is 2.17. The van der Waals surface area contributed by atoms with Gasteiger partial charge in [-0.05, 0) is 24.3 Å². The van der Waals surface area contributed by atoms with E-state index in [1.807, 2.05) is 52.9 Å². The molecule has 0 unspecified atom stereocenters. The minimum Gasteiger partial charge on any atom is -0.339 e. The number of hydrogen-bond acceptors (Lipinski definition) is 2. The SMILES string of the molecule is N#Cc1cccn1CCSc1ccccc1. The molecule has 0 spiro atoms. The normalized spacial score (nSPS) is 9.94. The van der Waals surface area contributed by atoms with Crippen LogP contribution in [0.2, 0.25) is 0 Å². The van der Waals surface area contributed by atoms with Crippen molar-refractivity contribution in [1.82, 2.24) is 4.57 Å². The molecule has 80 valence electrons. The van der Waals surface area contributed by atoms with Crippen LogP contribution < -0.4 is 0 Å². The number of hydrogen-bond donors (Lipinski definition) is 0. The summed E-state index contributed by atoms with van der Waals surface area (Å²) in [5.74, 6) is 0.980. The summed E-state index contributed by atoms with van der Waals surface area (Å²) < 4.78 is 1.98.